The molecule has 0 atom stereocenters. The number of hydrogen-bond acceptors (Lipinski definition) is 5. The van der Waals surface area contributed by atoms with Crippen LogP contribution in [0.4, 0.5) is 23.2 Å². The Balaban J connectivity index is 1.50. The summed E-state index contributed by atoms with van der Waals surface area (Å²) in [6.07, 6.45) is -4.58. The minimum Gasteiger partial charge on any atom is -0.325 e. The van der Waals surface area contributed by atoms with Crippen LogP contribution in [0.3, 0.4) is 0 Å². The molecular weight excluding hydrogens is 434 g/mol. The van der Waals surface area contributed by atoms with Crippen molar-refractivity contribution in [2.24, 2.45) is 0 Å². The zero-order chi connectivity index (χ0) is 22.0. The predicted octanol–water partition coefficient (Wildman–Crippen LogP) is 4.68. The van der Waals surface area contributed by atoms with Crippen LogP contribution < -0.4 is 5.32 Å². The molecular formula is C20H13F4N5OS. The van der Waals surface area contributed by atoms with Gasteiger partial charge in [0.25, 0.3) is 0 Å². The molecule has 0 fully saturated rings. The number of aromatic nitrogens is 4. The van der Waals surface area contributed by atoms with Gasteiger partial charge >= 0.3 is 6.18 Å². The van der Waals surface area contributed by atoms with E-state index < -0.39 is 23.5 Å². The SMILES string of the molecule is O=C(CSc1ccc2nnc(-c3cccc(F)c3)n2n1)Nc1ccccc1C(F)(F)F. The minimum atomic E-state index is -4.58. The van der Waals surface area contributed by atoms with Crippen LogP contribution in [-0.2, 0) is 11.0 Å². The predicted molar refractivity (Wildman–Crippen MR) is 107 cm³/mol. The fourth-order valence-corrected chi connectivity index (χ4v) is 3.48. The zero-order valence-electron chi connectivity index (χ0n) is 15.6. The van der Waals surface area contributed by atoms with Gasteiger partial charge in [0, 0.05) is 5.56 Å². The van der Waals surface area contributed by atoms with Gasteiger partial charge in [-0.2, -0.15) is 22.8 Å². The average Bonchev–Trinajstić information content (AvgIpc) is 3.15. The molecule has 11 heteroatoms. The van der Waals surface area contributed by atoms with Gasteiger partial charge in [-0.15, -0.1) is 10.2 Å². The lowest BCUT2D eigenvalue weighted by atomic mass is 10.1. The number of carbonyl (C=O) groups is 1. The van der Waals surface area contributed by atoms with Crippen molar-refractivity contribution in [2.75, 3.05) is 11.1 Å². The fourth-order valence-electron chi connectivity index (χ4n) is 2.82. The summed E-state index contributed by atoms with van der Waals surface area (Å²) in [5, 5.41) is 15.1. The Hall–Kier alpha value is -3.47. The number of hydrogen-bond donors (Lipinski definition) is 1. The van der Waals surface area contributed by atoms with Gasteiger partial charge in [-0.1, -0.05) is 36.0 Å². The maximum atomic E-state index is 13.5. The number of anilines is 1. The third-order valence-electron chi connectivity index (χ3n) is 4.18. The molecule has 0 saturated carbocycles. The molecule has 0 bridgehead atoms. The second-order valence-corrected chi connectivity index (χ2v) is 7.35. The van der Waals surface area contributed by atoms with Crippen LogP contribution in [0, 0.1) is 5.82 Å². The van der Waals surface area contributed by atoms with Crippen molar-refractivity contribution in [3.05, 3.63) is 72.0 Å². The van der Waals surface area contributed by atoms with Crippen molar-refractivity contribution in [1.82, 2.24) is 19.8 Å². The van der Waals surface area contributed by atoms with Crippen molar-refractivity contribution in [3.63, 3.8) is 0 Å². The Morgan fingerprint density at radius 2 is 1.84 bits per heavy atom. The number of halogens is 4. The Morgan fingerprint density at radius 3 is 2.61 bits per heavy atom. The van der Waals surface area contributed by atoms with E-state index in [0.717, 1.165) is 17.8 Å². The van der Waals surface area contributed by atoms with Crippen LogP contribution in [0.2, 0.25) is 0 Å². The van der Waals surface area contributed by atoms with Crippen LogP contribution in [0.1, 0.15) is 5.56 Å². The summed E-state index contributed by atoms with van der Waals surface area (Å²) in [5.41, 5.74) is -0.329. The fraction of sp³-hybridized carbons (Fsp3) is 0.100. The largest absolute Gasteiger partial charge is 0.418 e. The van der Waals surface area contributed by atoms with Crippen LogP contribution >= 0.6 is 11.8 Å². The summed E-state index contributed by atoms with van der Waals surface area (Å²) in [7, 11) is 0. The van der Waals surface area contributed by atoms with Gasteiger partial charge in [-0.25, -0.2) is 4.39 Å². The van der Waals surface area contributed by atoms with Gasteiger partial charge in [0.1, 0.15) is 10.8 Å². The number of amides is 1. The van der Waals surface area contributed by atoms with Crippen molar-refractivity contribution in [3.8, 4) is 11.4 Å². The summed E-state index contributed by atoms with van der Waals surface area (Å²) < 4.78 is 54.1. The Kier molecular flexibility index (Phi) is 5.59. The van der Waals surface area contributed by atoms with E-state index in [1.54, 1.807) is 18.2 Å². The quantitative estimate of drug-likeness (QED) is 0.355. The van der Waals surface area contributed by atoms with Crippen LogP contribution in [0.15, 0.2) is 65.7 Å². The maximum absolute atomic E-state index is 13.5. The zero-order valence-corrected chi connectivity index (χ0v) is 16.4. The van der Waals surface area contributed by atoms with E-state index >= 15 is 0 Å². The number of thioether (sulfide) groups is 1. The Labute approximate surface area is 177 Å². The number of nitrogens with one attached hydrogen (secondary N) is 1. The van der Waals surface area contributed by atoms with E-state index in [4.69, 9.17) is 0 Å². The summed E-state index contributed by atoms with van der Waals surface area (Å²) in [5.74, 6) is -0.893. The molecule has 0 saturated heterocycles. The minimum absolute atomic E-state index is 0.165. The number of rotatable bonds is 5. The highest BCUT2D eigenvalue weighted by molar-refractivity contribution is 7.99. The van der Waals surface area contributed by atoms with Crippen LogP contribution in [0.5, 0.6) is 0 Å². The van der Waals surface area contributed by atoms with Gasteiger partial charge in [-0.3, -0.25) is 4.79 Å². The summed E-state index contributed by atoms with van der Waals surface area (Å²) in [6, 6.07) is 13.8. The number of carbonyl (C=O) groups excluding carboxylic acids is 1. The number of nitrogens with zero attached hydrogens (tertiary/aromatic N) is 4. The molecule has 0 unspecified atom stereocenters. The lowest BCUT2D eigenvalue weighted by Gasteiger charge is -2.13. The van der Waals surface area contributed by atoms with E-state index in [2.05, 4.69) is 20.6 Å². The van der Waals surface area contributed by atoms with Gasteiger partial charge in [0.15, 0.2) is 11.5 Å². The average molecular weight is 447 g/mol. The first-order valence-electron chi connectivity index (χ1n) is 8.88. The first-order chi connectivity index (χ1) is 14.8. The molecule has 0 radical (unpaired) electrons. The summed E-state index contributed by atoms with van der Waals surface area (Å²) >= 11 is 1.03. The third-order valence-corrected chi connectivity index (χ3v) is 5.10. The maximum Gasteiger partial charge on any atom is 0.418 e. The molecule has 2 heterocycles. The second-order valence-electron chi connectivity index (χ2n) is 6.36. The molecule has 6 nitrogen and oxygen atoms in total. The van der Waals surface area contributed by atoms with Crippen LogP contribution in [-0.4, -0.2) is 31.5 Å². The third kappa shape index (κ3) is 4.66. The number of fused-ring (bicyclic) bond motifs is 1. The summed E-state index contributed by atoms with van der Waals surface area (Å²) in [4.78, 5) is 12.2. The van der Waals surface area contributed by atoms with Gasteiger partial charge in [0.05, 0.1) is 17.0 Å². The number of alkyl halides is 3. The van der Waals surface area contributed by atoms with Crippen molar-refractivity contribution in [1.29, 1.82) is 0 Å². The number of para-hydroxylation sites is 1. The molecule has 0 aliphatic carbocycles. The molecule has 2 aromatic heterocycles. The standard InChI is InChI=1S/C20H13F4N5OS/c21-13-5-3-4-12(10-13)19-27-26-16-8-9-18(28-29(16)19)31-11-17(30)25-15-7-2-1-6-14(15)20(22,23)24/h1-10H,11H2,(H,25,30). The molecule has 158 valence electrons. The lowest BCUT2D eigenvalue weighted by Crippen LogP contribution is -2.18. The Morgan fingerprint density at radius 1 is 1.03 bits per heavy atom. The molecule has 1 N–H and O–H groups in total. The molecule has 4 rings (SSSR count). The molecule has 0 spiro atoms. The molecule has 4 aromatic rings. The van der Waals surface area contributed by atoms with E-state index in [0.29, 0.717) is 22.1 Å². The first-order valence-corrected chi connectivity index (χ1v) is 9.87. The molecule has 1 amide bonds. The van der Waals surface area contributed by atoms with Gasteiger partial charge in [0.2, 0.25) is 5.91 Å². The lowest BCUT2D eigenvalue weighted by molar-refractivity contribution is -0.137. The topological polar surface area (TPSA) is 72.2 Å². The van der Waals surface area contributed by atoms with Gasteiger partial charge in [-0.05, 0) is 36.4 Å². The number of benzene rings is 2. The monoisotopic (exact) mass is 447 g/mol. The van der Waals surface area contributed by atoms with Crippen molar-refractivity contribution < 1.29 is 22.4 Å². The molecule has 0 aliphatic heterocycles. The highest BCUT2D eigenvalue weighted by atomic mass is 32.2. The normalized spacial score (nSPS) is 11.6. The van der Waals surface area contributed by atoms with Crippen molar-refractivity contribution in [2.45, 2.75) is 11.2 Å². The smallest absolute Gasteiger partial charge is 0.325 e. The first kappa shape index (κ1) is 20.8. The second kappa shape index (κ2) is 8.34. The molecule has 31 heavy (non-hydrogen) atoms. The van der Waals surface area contributed by atoms with E-state index in [9.17, 15) is 22.4 Å². The highest BCUT2D eigenvalue weighted by Gasteiger charge is 2.33. The highest BCUT2D eigenvalue weighted by Crippen LogP contribution is 2.34. The van der Waals surface area contributed by atoms with E-state index in [1.807, 2.05) is 0 Å². The van der Waals surface area contributed by atoms with Crippen molar-refractivity contribution >= 4 is 29.0 Å². The Bertz CT molecular complexity index is 1260. The summed E-state index contributed by atoms with van der Waals surface area (Å²) in [6.45, 7) is 0. The van der Waals surface area contributed by atoms with E-state index in [1.165, 1.54) is 40.9 Å². The van der Waals surface area contributed by atoms with Crippen LogP contribution in [0.25, 0.3) is 17.0 Å². The van der Waals surface area contributed by atoms with Gasteiger partial charge < -0.3 is 5.32 Å². The van der Waals surface area contributed by atoms with E-state index in [-0.39, 0.29) is 11.4 Å². The molecule has 2 aromatic carbocycles. The molecule has 0 aliphatic rings.